The van der Waals surface area contributed by atoms with Crippen LogP contribution in [0.5, 0.6) is 0 Å². The van der Waals surface area contributed by atoms with Crippen molar-refractivity contribution in [2.24, 2.45) is 0 Å². The molecule has 4 heteroatoms. The molecule has 0 unspecified atom stereocenters. The summed E-state index contributed by atoms with van der Waals surface area (Å²) in [5.41, 5.74) is 0.823. The predicted molar refractivity (Wildman–Crippen MR) is 70.0 cm³/mol. The van der Waals surface area contributed by atoms with E-state index in [1.54, 1.807) is 19.3 Å². The van der Waals surface area contributed by atoms with Crippen LogP contribution in [0, 0.1) is 0 Å². The van der Waals surface area contributed by atoms with E-state index in [-0.39, 0.29) is 11.9 Å². The lowest BCUT2D eigenvalue weighted by Crippen LogP contribution is -2.34. The quantitative estimate of drug-likeness (QED) is 0.819. The third-order valence-electron chi connectivity index (χ3n) is 2.12. The first kappa shape index (κ1) is 13.7. The number of carbonyl (C=O) groups excluding carboxylic acids is 1. The first-order valence-corrected chi connectivity index (χ1v) is 5.73. The summed E-state index contributed by atoms with van der Waals surface area (Å²) in [6.07, 6.45) is 3.16. The van der Waals surface area contributed by atoms with Crippen LogP contribution in [0.3, 0.4) is 0 Å². The molecule has 92 valence electrons. The molecule has 0 saturated carbocycles. The van der Waals surface area contributed by atoms with Crippen LogP contribution in [-0.2, 0) is 9.53 Å². The molecular weight excluding hydrogens is 238 g/mol. The Morgan fingerprint density at radius 2 is 2.24 bits per heavy atom. The van der Waals surface area contributed by atoms with Gasteiger partial charge in [-0.2, -0.15) is 0 Å². The summed E-state index contributed by atoms with van der Waals surface area (Å²) < 4.78 is 4.93. The SMILES string of the molecule is COC[C@H](C)NC(=O)/C=C\c1ccccc1Cl. The first-order chi connectivity index (χ1) is 8.13. The monoisotopic (exact) mass is 253 g/mol. The van der Waals surface area contributed by atoms with E-state index in [0.717, 1.165) is 5.56 Å². The molecule has 0 aliphatic carbocycles. The average Bonchev–Trinajstić information content (AvgIpc) is 2.28. The average molecular weight is 254 g/mol. The molecule has 1 aromatic carbocycles. The molecule has 0 saturated heterocycles. The molecule has 0 heterocycles. The Hall–Kier alpha value is -1.32. The van der Waals surface area contributed by atoms with Crippen molar-refractivity contribution < 1.29 is 9.53 Å². The Labute approximate surface area is 106 Å². The largest absolute Gasteiger partial charge is 0.383 e. The summed E-state index contributed by atoms with van der Waals surface area (Å²) in [6, 6.07) is 7.35. The van der Waals surface area contributed by atoms with Crippen molar-refractivity contribution in [3.05, 3.63) is 40.9 Å². The van der Waals surface area contributed by atoms with E-state index in [2.05, 4.69) is 5.32 Å². The van der Waals surface area contributed by atoms with E-state index in [9.17, 15) is 4.79 Å². The van der Waals surface area contributed by atoms with Crippen molar-refractivity contribution in [2.45, 2.75) is 13.0 Å². The van der Waals surface area contributed by atoms with Gasteiger partial charge in [0.15, 0.2) is 0 Å². The molecule has 0 bridgehead atoms. The summed E-state index contributed by atoms with van der Waals surface area (Å²) in [5.74, 6) is -0.158. The fourth-order valence-corrected chi connectivity index (χ4v) is 1.56. The molecule has 0 fully saturated rings. The van der Waals surface area contributed by atoms with Gasteiger partial charge in [0.05, 0.1) is 6.61 Å². The number of amides is 1. The Morgan fingerprint density at radius 3 is 2.88 bits per heavy atom. The Kier molecular flexibility index (Phi) is 5.73. The highest BCUT2D eigenvalue weighted by Crippen LogP contribution is 2.15. The normalized spacial score (nSPS) is 12.6. The zero-order valence-corrected chi connectivity index (χ0v) is 10.7. The number of benzene rings is 1. The molecule has 0 spiro atoms. The van der Waals surface area contributed by atoms with Crippen LogP contribution < -0.4 is 5.32 Å². The maximum Gasteiger partial charge on any atom is 0.244 e. The number of hydrogen-bond acceptors (Lipinski definition) is 2. The van der Waals surface area contributed by atoms with Crippen molar-refractivity contribution in [3.63, 3.8) is 0 Å². The molecule has 0 aliphatic rings. The molecule has 0 aliphatic heterocycles. The van der Waals surface area contributed by atoms with Gasteiger partial charge in [-0.05, 0) is 24.6 Å². The van der Waals surface area contributed by atoms with Crippen molar-refractivity contribution in [3.8, 4) is 0 Å². The third kappa shape index (κ3) is 5.02. The van der Waals surface area contributed by atoms with Crippen molar-refractivity contribution in [1.29, 1.82) is 0 Å². The van der Waals surface area contributed by atoms with Gasteiger partial charge in [0.1, 0.15) is 0 Å². The van der Waals surface area contributed by atoms with E-state index >= 15 is 0 Å². The number of rotatable bonds is 5. The summed E-state index contributed by atoms with van der Waals surface area (Å²) in [6.45, 7) is 2.37. The van der Waals surface area contributed by atoms with Crippen LogP contribution in [0.15, 0.2) is 30.3 Å². The molecule has 17 heavy (non-hydrogen) atoms. The van der Waals surface area contributed by atoms with Crippen LogP contribution in [-0.4, -0.2) is 25.7 Å². The molecule has 1 rings (SSSR count). The smallest absolute Gasteiger partial charge is 0.244 e. The van der Waals surface area contributed by atoms with Crippen molar-refractivity contribution in [2.75, 3.05) is 13.7 Å². The molecule has 1 N–H and O–H groups in total. The fraction of sp³-hybridized carbons (Fsp3) is 0.308. The highest BCUT2D eigenvalue weighted by Gasteiger charge is 2.03. The number of methoxy groups -OCH3 is 1. The topological polar surface area (TPSA) is 38.3 Å². The Morgan fingerprint density at radius 1 is 1.53 bits per heavy atom. The lowest BCUT2D eigenvalue weighted by Gasteiger charge is -2.10. The highest BCUT2D eigenvalue weighted by molar-refractivity contribution is 6.32. The first-order valence-electron chi connectivity index (χ1n) is 5.35. The number of hydrogen-bond donors (Lipinski definition) is 1. The lowest BCUT2D eigenvalue weighted by atomic mass is 10.2. The molecular formula is C13H16ClNO2. The third-order valence-corrected chi connectivity index (χ3v) is 2.47. The second-order valence-electron chi connectivity index (χ2n) is 3.72. The van der Waals surface area contributed by atoms with Crippen LogP contribution >= 0.6 is 11.6 Å². The molecule has 1 aromatic rings. The predicted octanol–water partition coefficient (Wildman–Crippen LogP) is 2.50. The fourth-order valence-electron chi connectivity index (χ4n) is 1.36. The van der Waals surface area contributed by atoms with E-state index in [1.165, 1.54) is 6.08 Å². The number of ether oxygens (including phenoxy) is 1. The zero-order valence-electron chi connectivity index (χ0n) is 9.94. The maximum atomic E-state index is 11.5. The lowest BCUT2D eigenvalue weighted by molar-refractivity contribution is -0.117. The van der Waals surface area contributed by atoms with E-state index in [0.29, 0.717) is 11.6 Å². The van der Waals surface area contributed by atoms with Crippen molar-refractivity contribution in [1.82, 2.24) is 5.32 Å². The van der Waals surface area contributed by atoms with Gasteiger partial charge in [-0.15, -0.1) is 0 Å². The van der Waals surface area contributed by atoms with Gasteiger partial charge in [-0.3, -0.25) is 4.79 Å². The minimum absolute atomic E-state index is 0.0107. The zero-order chi connectivity index (χ0) is 12.7. The minimum Gasteiger partial charge on any atom is -0.383 e. The van der Waals surface area contributed by atoms with Gasteiger partial charge in [-0.25, -0.2) is 0 Å². The van der Waals surface area contributed by atoms with Gasteiger partial charge in [0, 0.05) is 24.3 Å². The summed E-state index contributed by atoms with van der Waals surface area (Å²) in [7, 11) is 1.60. The van der Waals surface area contributed by atoms with E-state index in [4.69, 9.17) is 16.3 Å². The van der Waals surface area contributed by atoms with Crippen LogP contribution in [0.4, 0.5) is 0 Å². The Balaban J connectivity index is 2.54. The van der Waals surface area contributed by atoms with Gasteiger partial charge in [0.25, 0.3) is 0 Å². The Bertz CT molecular complexity index is 404. The number of carbonyl (C=O) groups is 1. The number of nitrogens with one attached hydrogen (secondary N) is 1. The highest BCUT2D eigenvalue weighted by atomic mass is 35.5. The maximum absolute atomic E-state index is 11.5. The molecule has 0 aromatic heterocycles. The van der Waals surface area contributed by atoms with Crippen LogP contribution in [0.1, 0.15) is 12.5 Å². The van der Waals surface area contributed by atoms with Gasteiger partial charge in [-0.1, -0.05) is 29.8 Å². The van der Waals surface area contributed by atoms with E-state index < -0.39 is 0 Å². The van der Waals surface area contributed by atoms with Crippen LogP contribution in [0.2, 0.25) is 5.02 Å². The molecule has 3 nitrogen and oxygen atoms in total. The van der Waals surface area contributed by atoms with E-state index in [1.807, 2.05) is 25.1 Å². The molecule has 1 atom stereocenters. The number of halogens is 1. The molecule has 1 amide bonds. The standard InChI is InChI=1S/C13H16ClNO2/c1-10(9-17-2)15-13(16)8-7-11-5-3-4-6-12(11)14/h3-8,10H,9H2,1-2H3,(H,15,16)/b8-7-/t10-/m0/s1. The van der Waals surface area contributed by atoms with Crippen molar-refractivity contribution >= 4 is 23.6 Å². The minimum atomic E-state index is -0.158. The summed E-state index contributed by atoms with van der Waals surface area (Å²) in [5, 5.41) is 3.40. The second-order valence-corrected chi connectivity index (χ2v) is 4.13. The second kappa shape index (κ2) is 7.09. The van der Waals surface area contributed by atoms with Gasteiger partial charge >= 0.3 is 0 Å². The van der Waals surface area contributed by atoms with Gasteiger partial charge in [0.2, 0.25) is 5.91 Å². The summed E-state index contributed by atoms with van der Waals surface area (Å²) in [4.78, 5) is 11.5. The van der Waals surface area contributed by atoms with Gasteiger partial charge < -0.3 is 10.1 Å². The molecule has 0 radical (unpaired) electrons. The van der Waals surface area contributed by atoms with Crippen LogP contribution in [0.25, 0.3) is 6.08 Å². The summed E-state index contributed by atoms with van der Waals surface area (Å²) >= 11 is 5.96.